The van der Waals surface area contributed by atoms with Gasteiger partial charge in [0.15, 0.2) is 5.54 Å². The number of likely N-dealkylation sites (tertiary alicyclic amines) is 2. The van der Waals surface area contributed by atoms with Crippen molar-refractivity contribution in [1.29, 1.82) is 5.26 Å². The van der Waals surface area contributed by atoms with Gasteiger partial charge in [-0.2, -0.15) is 5.26 Å². The number of ether oxygens (including phenoxy) is 2. The second-order valence-corrected chi connectivity index (χ2v) is 14.4. The van der Waals surface area contributed by atoms with E-state index in [0.29, 0.717) is 23.6 Å². The fourth-order valence-corrected chi connectivity index (χ4v) is 8.74. The van der Waals surface area contributed by atoms with Crippen LogP contribution in [0.1, 0.15) is 41.5 Å². The Labute approximate surface area is 280 Å². The van der Waals surface area contributed by atoms with Crippen molar-refractivity contribution in [1.82, 2.24) is 14.7 Å². The molecule has 3 heterocycles. The predicted molar refractivity (Wildman–Crippen MR) is 177 cm³/mol. The van der Waals surface area contributed by atoms with Crippen LogP contribution in [0.2, 0.25) is 0 Å². The zero-order chi connectivity index (χ0) is 34.4. The molecule has 0 aromatic heterocycles. The number of benzene rings is 3. The lowest BCUT2D eigenvalue weighted by Gasteiger charge is -2.42. The number of nitriles is 1. The summed E-state index contributed by atoms with van der Waals surface area (Å²) < 4.78 is 41.0. The molecule has 3 aliphatic heterocycles. The maximum atomic E-state index is 15.4. The first-order chi connectivity index (χ1) is 23.0. The van der Waals surface area contributed by atoms with E-state index in [2.05, 4.69) is 11.0 Å². The van der Waals surface area contributed by atoms with Gasteiger partial charge in [0.2, 0.25) is 5.91 Å². The van der Waals surface area contributed by atoms with Gasteiger partial charge in [0.05, 0.1) is 48.6 Å². The van der Waals surface area contributed by atoms with E-state index >= 15 is 4.79 Å². The number of sulfonamides is 1. The third-order valence-corrected chi connectivity index (χ3v) is 11.2. The van der Waals surface area contributed by atoms with Gasteiger partial charge in [0.1, 0.15) is 11.5 Å². The zero-order valence-electron chi connectivity index (χ0n) is 27.4. The van der Waals surface area contributed by atoms with Gasteiger partial charge in [-0.3, -0.25) is 19.4 Å². The highest BCUT2D eigenvalue weighted by atomic mass is 32.2. The topological polar surface area (TPSA) is 144 Å². The van der Waals surface area contributed by atoms with Crippen LogP contribution in [0.3, 0.4) is 0 Å². The van der Waals surface area contributed by atoms with Gasteiger partial charge >= 0.3 is 0 Å². The smallest absolute Gasteiger partial charge is 0.271 e. The lowest BCUT2D eigenvalue weighted by atomic mass is 9.80. The number of carbonyl (C=O) groups excluding carboxylic acids is 2. The Kier molecular flexibility index (Phi) is 8.95. The van der Waals surface area contributed by atoms with Crippen molar-refractivity contribution in [3.63, 3.8) is 0 Å². The molecule has 0 aliphatic carbocycles. The van der Waals surface area contributed by atoms with Crippen LogP contribution in [0.25, 0.3) is 0 Å². The fraction of sp³-hybridized carbons (Fsp3) is 0.400. The maximum Gasteiger partial charge on any atom is 0.271 e. The summed E-state index contributed by atoms with van der Waals surface area (Å²) in [5.41, 5.74) is -0.318. The molecule has 252 valence electrons. The van der Waals surface area contributed by atoms with Crippen molar-refractivity contribution in [3.05, 3.63) is 82.9 Å². The lowest BCUT2D eigenvalue weighted by Crippen LogP contribution is -2.59. The van der Waals surface area contributed by atoms with Crippen molar-refractivity contribution in [2.24, 2.45) is 0 Å². The van der Waals surface area contributed by atoms with Gasteiger partial charge < -0.3 is 19.5 Å². The molecule has 3 atom stereocenters. The minimum Gasteiger partial charge on any atom is -0.497 e. The summed E-state index contributed by atoms with van der Waals surface area (Å²) in [6.45, 7) is 2.47. The maximum absolute atomic E-state index is 15.4. The number of aliphatic hydroxyl groups is 1. The second kappa shape index (κ2) is 12.9. The molecule has 2 saturated heterocycles. The Hall–Kier alpha value is -4.48. The summed E-state index contributed by atoms with van der Waals surface area (Å²) in [6.07, 6.45) is 1.24. The molecular formula is C35H39N5O7S. The fourth-order valence-electron chi connectivity index (χ4n) is 7.28. The number of amides is 2. The predicted octanol–water partition coefficient (Wildman–Crippen LogP) is 2.67. The molecule has 3 aliphatic rings. The summed E-state index contributed by atoms with van der Waals surface area (Å²) in [6, 6.07) is 16.7. The number of methoxy groups -OCH3 is 2. The highest BCUT2D eigenvalue weighted by Crippen LogP contribution is 2.54. The largest absolute Gasteiger partial charge is 0.497 e. The van der Waals surface area contributed by atoms with Crippen molar-refractivity contribution in [3.8, 4) is 17.6 Å². The molecule has 0 saturated carbocycles. The van der Waals surface area contributed by atoms with Crippen LogP contribution in [-0.4, -0.2) is 100 Å². The Morgan fingerprint density at radius 2 is 1.73 bits per heavy atom. The molecule has 0 radical (unpaired) electrons. The highest BCUT2D eigenvalue weighted by molar-refractivity contribution is 7.93. The van der Waals surface area contributed by atoms with Gasteiger partial charge in [-0.1, -0.05) is 12.1 Å². The van der Waals surface area contributed by atoms with E-state index < -0.39 is 33.6 Å². The standard InChI is InChI=1S/C35H39N5O7S/c1-37(2)33(42)31-19-25(41)22-39(31)35(28-13-7-24(18-32(28)47-4)21-38-15-5-6-16-38)29-17-23(20-36)8-14-30(29)40(34(35)43)48(44,45)27-11-9-26(46-3)10-12-27/h7-14,17-18,25,31,41H,5-6,15-16,19,21-22H2,1-4H3/t25-,31+,35?/m1/s1. The van der Waals surface area contributed by atoms with Crippen molar-refractivity contribution in [2.75, 3.05) is 52.3 Å². The van der Waals surface area contributed by atoms with E-state index in [1.54, 1.807) is 25.1 Å². The average molecular weight is 674 g/mol. The number of anilines is 1. The number of hydrogen-bond acceptors (Lipinski definition) is 10. The van der Waals surface area contributed by atoms with E-state index in [0.717, 1.165) is 35.8 Å². The molecule has 2 fully saturated rings. The summed E-state index contributed by atoms with van der Waals surface area (Å²) >= 11 is 0. The van der Waals surface area contributed by atoms with Crippen LogP contribution in [0.4, 0.5) is 5.69 Å². The molecule has 1 N–H and O–H groups in total. The van der Waals surface area contributed by atoms with Gasteiger partial charge in [0, 0.05) is 38.3 Å². The molecule has 13 heteroatoms. The number of carbonyl (C=O) groups is 2. The molecule has 1 unspecified atom stereocenters. The van der Waals surface area contributed by atoms with Gasteiger partial charge in [-0.15, -0.1) is 0 Å². The summed E-state index contributed by atoms with van der Waals surface area (Å²) in [5, 5.41) is 21.1. The normalized spacial score (nSPS) is 22.8. The molecule has 0 bridgehead atoms. The molecule has 6 rings (SSSR count). The van der Waals surface area contributed by atoms with Crippen molar-refractivity contribution < 1.29 is 32.6 Å². The zero-order valence-corrected chi connectivity index (χ0v) is 28.2. The summed E-state index contributed by atoms with van der Waals surface area (Å²) in [5.74, 6) is -0.489. The molecule has 3 aromatic carbocycles. The molecule has 2 amide bonds. The molecule has 48 heavy (non-hydrogen) atoms. The van der Waals surface area contributed by atoms with E-state index in [9.17, 15) is 23.6 Å². The second-order valence-electron chi connectivity index (χ2n) is 12.6. The van der Waals surface area contributed by atoms with Crippen LogP contribution in [0, 0.1) is 11.3 Å². The molecule has 3 aromatic rings. The quantitative estimate of drug-likeness (QED) is 0.360. The summed E-state index contributed by atoms with van der Waals surface area (Å²) in [7, 11) is 1.56. The van der Waals surface area contributed by atoms with Gasteiger partial charge in [-0.05, 0) is 86.4 Å². The van der Waals surface area contributed by atoms with E-state index in [4.69, 9.17) is 9.47 Å². The minimum atomic E-state index is -4.55. The van der Waals surface area contributed by atoms with Crippen LogP contribution in [-0.2, 0) is 31.7 Å². The Bertz CT molecular complexity index is 1890. The SMILES string of the molecule is COc1ccc(S(=O)(=O)N2C(=O)C(c3ccc(CN4CCCC4)cc3OC)(N3C[C@H](O)C[C@H]3C(=O)N(C)C)c3cc(C#N)ccc32)cc1. The number of rotatable bonds is 9. The Balaban J connectivity index is 1.64. The number of hydrogen-bond donors (Lipinski definition) is 1. The highest BCUT2D eigenvalue weighted by Gasteiger charge is 2.64. The first kappa shape index (κ1) is 33.4. The third kappa shape index (κ3) is 5.38. The minimum absolute atomic E-state index is 0.0138. The van der Waals surface area contributed by atoms with E-state index in [1.807, 2.05) is 12.1 Å². The van der Waals surface area contributed by atoms with Crippen LogP contribution >= 0.6 is 0 Å². The first-order valence-electron chi connectivity index (χ1n) is 15.8. The first-order valence-corrected chi connectivity index (χ1v) is 17.3. The Morgan fingerprint density at radius 1 is 1.02 bits per heavy atom. The number of aliphatic hydroxyl groups excluding tert-OH is 1. The van der Waals surface area contributed by atoms with Gasteiger partial charge in [-0.25, -0.2) is 12.7 Å². The Morgan fingerprint density at radius 3 is 2.35 bits per heavy atom. The van der Waals surface area contributed by atoms with Gasteiger partial charge in [0.25, 0.3) is 15.9 Å². The molecule has 0 spiro atoms. The number of likely N-dealkylation sites (N-methyl/N-ethyl adjacent to an activating group) is 1. The van der Waals surface area contributed by atoms with Crippen molar-refractivity contribution in [2.45, 2.75) is 48.4 Å². The van der Waals surface area contributed by atoms with Crippen LogP contribution < -0.4 is 13.8 Å². The van der Waals surface area contributed by atoms with Crippen molar-refractivity contribution >= 4 is 27.5 Å². The number of fused-ring (bicyclic) bond motifs is 1. The summed E-state index contributed by atoms with van der Waals surface area (Å²) in [4.78, 5) is 34.3. The number of nitrogens with zero attached hydrogens (tertiary/aromatic N) is 5. The molecular weight excluding hydrogens is 634 g/mol. The number of β-amino-alcohol motifs (C(OH)–C–C–N with tert-alkyl or cyclic N) is 1. The van der Waals surface area contributed by atoms with Crippen LogP contribution in [0.15, 0.2) is 65.6 Å². The average Bonchev–Trinajstić information content (AvgIpc) is 3.80. The van der Waals surface area contributed by atoms with Crippen LogP contribution in [0.5, 0.6) is 11.5 Å². The monoisotopic (exact) mass is 673 g/mol. The third-order valence-electron chi connectivity index (χ3n) is 9.52. The lowest BCUT2D eigenvalue weighted by molar-refractivity contribution is -0.138. The van der Waals surface area contributed by atoms with E-state index in [-0.39, 0.29) is 40.6 Å². The van der Waals surface area contributed by atoms with E-state index in [1.165, 1.54) is 61.6 Å². The molecule has 12 nitrogen and oxygen atoms in total.